The van der Waals surface area contributed by atoms with Crippen molar-refractivity contribution in [1.29, 1.82) is 0 Å². The number of nitrogens with two attached hydrogens (primary N) is 1. The molecule has 1 aliphatic rings. The number of carbonyl (C=O) groups is 2. The Morgan fingerprint density at radius 3 is 2.52 bits per heavy atom. The second-order valence-corrected chi connectivity index (χ2v) is 9.64. The average molecular weight is 468 g/mol. The van der Waals surface area contributed by atoms with E-state index in [9.17, 15) is 28.2 Å². The van der Waals surface area contributed by atoms with Crippen LogP contribution in [0.15, 0.2) is 53.4 Å². The van der Waals surface area contributed by atoms with Crippen LogP contribution in [-0.2, 0) is 26.0 Å². The number of aliphatic carboxylic acids is 1. The summed E-state index contributed by atoms with van der Waals surface area (Å²) in [7, 11) is -4.08. The molecule has 2 aromatic rings. The lowest BCUT2D eigenvalue weighted by molar-refractivity contribution is -0.142. The van der Waals surface area contributed by atoms with Crippen LogP contribution < -0.4 is 11.1 Å². The summed E-state index contributed by atoms with van der Waals surface area (Å²) in [5, 5.41) is 21.5. The topological polar surface area (TPSA) is 150 Å². The third kappa shape index (κ3) is 5.34. The monoisotopic (exact) mass is 467 g/mol. The molecule has 1 aliphatic heterocycles. The number of benzene rings is 2. The van der Waals surface area contributed by atoms with Crippen LogP contribution in [0.4, 0.5) is 0 Å². The molecule has 0 aromatic heterocycles. The standard InChI is InChI=1S/C20H22ClN3O6S/c21-13-2-1-3-16(9-13)31(29,30)24-11-14(22)10-18(24)19(26)23-17(20(27)28)8-12-4-6-15(25)7-5-12/h1-7,9,14,17-18,25H,8,10-11,22H2,(H,23,26)(H,27,28)/t14-,17?,18?/m1/s1. The van der Waals surface area contributed by atoms with Crippen molar-refractivity contribution in [3.63, 3.8) is 0 Å². The van der Waals surface area contributed by atoms with Crippen molar-refractivity contribution >= 4 is 33.5 Å². The highest BCUT2D eigenvalue weighted by Crippen LogP contribution is 2.27. The number of nitrogens with zero attached hydrogens (tertiary/aromatic N) is 1. The molecule has 166 valence electrons. The highest BCUT2D eigenvalue weighted by Gasteiger charge is 2.43. The number of carbonyl (C=O) groups excluding carboxylic acids is 1. The smallest absolute Gasteiger partial charge is 0.326 e. The zero-order chi connectivity index (χ0) is 22.8. The number of aromatic hydroxyl groups is 1. The van der Waals surface area contributed by atoms with E-state index < -0.39 is 40.0 Å². The summed E-state index contributed by atoms with van der Waals surface area (Å²) in [6.45, 7) is -0.0807. The molecular formula is C20H22ClN3O6S. The average Bonchev–Trinajstić information content (AvgIpc) is 3.11. The van der Waals surface area contributed by atoms with Gasteiger partial charge in [-0.25, -0.2) is 13.2 Å². The van der Waals surface area contributed by atoms with E-state index in [4.69, 9.17) is 17.3 Å². The lowest BCUT2D eigenvalue weighted by atomic mass is 10.0. The summed E-state index contributed by atoms with van der Waals surface area (Å²) >= 11 is 5.91. The summed E-state index contributed by atoms with van der Waals surface area (Å²) < 4.78 is 27.1. The number of amides is 1. The SMILES string of the molecule is N[C@@H]1CC(C(=O)NC(Cc2ccc(O)cc2)C(=O)O)N(S(=O)(=O)c2cccc(Cl)c2)C1. The van der Waals surface area contributed by atoms with Crippen LogP contribution in [0.3, 0.4) is 0 Å². The summed E-state index contributed by atoms with van der Waals surface area (Å²) in [4.78, 5) is 24.5. The number of phenolic OH excluding ortho intramolecular Hbond substituents is 1. The van der Waals surface area contributed by atoms with Crippen LogP contribution in [0.25, 0.3) is 0 Å². The van der Waals surface area contributed by atoms with E-state index in [0.717, 1.165) is 4.31 Å². The minimum Gasteiger partial charge on any atom is -0.508 e. The predicted octanol–water partition coefficient (Wildman–Crippen LogP) is 0.948. The van der Waals surface area contributed by atoms with Gasteiger partial charge in [0.1, 0.15) is 17.8 Å². The zero-order valence-corrected chi connectivity index (χ0v) is 17.9. The second kappa shape index (κ2) is 9.23. The largest absolute Gasteiger partial charge is 0.508 e. The Balaban J connectivity index is 1.81. The quantitative estimate of drug-likeness (QED) is 0.473. The number of halogens is 1. The van der Waals surface area contributed by atoms with E-state index in [1.54, 1.807) is 12.1 Å². The molecule has 31 heavy (non-hydrogen) atoms. The number of sulfonamides is 1. The first-order valence-electron chi connectivity index (χ1n) is 9.42. The van der Waals surface area contributed by atoms with Gasteiger partial charge < -0.3 is 21.3 Å². The van der Waals surface area contributed by atoms with E-state index in [0.29, 0.717) is 5.56 Å². The Labute approximate surface area is 184 Å². The van der Waals surface area contributed by atoms with Crippen LogP contribution in [-0.4, -0.2) is 59.5 Å². The molecule has 2 unspecified atom stereocenters. The van der Waals surface area contributed by atoms with Gasteiger partial charge in [-0.3, -0.25) is 4.79 Å². The molecule has 0 bridgehead atoms. The second-order valence-electron chi connectivity index (χ2n) is 7.31. The van der Waals surface area contributed by atoms with Gasteiger partial charge in [-0.2, -0.15) is 4.31 Å². The van der Waals surface area contributed by atoms with Crippen LogP contribution in [0, 0.1) is 0 Å². The first-order chi connectivity index (χ1) is 14.6. The minimum atomic E-state index is -4.08. The van der Waals surface area contributed by atoms with E-state index in [2.05, 4.69) is 5.32 Å². The molecule has 11 heteroatoms. The molecule has 0 radical (unpaired) electrons. The Hall–Kier alpha value is -2.66. The first kappa shape index (κ1) is 23.0. The van der Waals surface area contributed by atoms with E-state index in [-0.39, 0.29) is 35.1 Å². The van der Waals surface area contributed by atoms with Crippen LogP contribution in [0.5, 0.6) is 5.75 Å². The van der Waals surface area contributed by atoms with E-state index in [1.807, 2.05) is 0 Å². The van der Waals surface area contributed by atoms with Gasteiger partial charge in [-0.15, -0.1) is 0 Å². The predicted molar refractivity (Wildman–Crippen MR) is 113 cm³/mol. The Bertz CT molecular complexity index is 1080. The molecular weight excluding hydrogens is 446 g/mol. The number of carboxylic acid groups (broad SMARTS) is 1. The molecule has 5 N–H and O–H groups in total. The fourth-order valence-corrected chi connectivity index (χ4v) is 5.40. The van der Waals surface area contributed by atoms with Gasteiger partial charge in [0, 0.05) is 24.0 Å². The molecule has 0 spiro atoms. The normalized spacial score (nSPS) is 20.3. The third-order valence-electron chi connectivity index (χ3n) is 4.98. The maximum atomic E-state index is 13.1. The van der Waals surface area contributed by atoms with E-state index >= 15 is 0 Å². The third-order valence-corrected chi connectivity index (χ3v) is 7.09. The number of rotatable bonds is 7. The van der Waals surface area contributed by atoms with Gasteiger partial charge in [-0.05, 0) is 42.3 Å². The Kier molecular flexibility index (Phi) is 6.85. The summed E-state index contributed by atoms with van der Waals surface area (Å²) in [6.07, 6.45) is 0.0122. The molecule has 1 saturated heterocycles. The van der Waals surface area contributed by atoms with Crippen LogP contribution in [0.2, 0.25) is 5.02 Å². The minimum absolute atomic E-state index is 0.0291. The molecule has 0 aliphatic carbocycles. The Morgan fingerprint density at radius 2 is 1.90 bits per heavy atom. The molecule has 1 fully saturated rings. The van der Waals surface area contributed by atoms with Crippen molar-refractivity contribution < 1.29 is 28.2 Å². The zero-order valence-electron chi connectivity index (χ0n) is 16.3. The van der Waals surface area contributed by atoms with Gasteiger partial charge in [0.25, 0.3) is 0 Å². The van der Waals surface area contributed by atoms with Crippen molar-refractivity contribution in [1.82, 2.24) is 9.62 Å². The van der Waals surface area contributed by atoms with Crippen molar-refractivity contribution in [2.75, 3.05) is 6.54 Å². The van der Waals surface area contributed by atoms with Crippen molar-refractivity contribution in [3.05, 3.63) is 59.1 Å². The molecule has 0 saturated carbocycles. The summed E-state index contributed by atoms with van der Waals surface area (Å²) in [5.74, 6) is -1.99. The lowest BCUT2D eigenvalue weighted by Crippen LogP contribution is -2.51. The fourth-order valence-electron chi connectivity index (χ4n) is 3.44. The summed E-state index contributed by atoms with van der Waals surface area (Å²) in [6, 6.07) is 8.54. The fraction of sp³-hybridized carbons (Fsp3) is 0.300. The maximum Gasteiger partial charge on any atom is 0.326 e. The molecule has 3 rings (SSSR count). The van der Waals surface area contributed by atoms with Crippen molar-refractivity contribution in [2.24, 2.45) is 5.73 Å². The van der Waals surface area contributed by atoms with Gasteiger partial charge in [0.2, 0.25) is 15.9 Å². The number of nitrogens with one attached hydrogen (secondary N) is 1. The molecule has 1 amide bonds. The highest BCUT2D eigenvalue weighted by molar-refractivity contribution is 7.89. The number of carboxylic acids is 1. The lowest BCUT2D eigenvalue weighted by Gasteiger charge is -2.25. The number of hydrogen-bond donors (Lipinski definition) is 4. The Morgan fingerprint density at radius 1 is 1.23 bits per heavy atom. The summed E-state index contributed by atoms with van der Waals surface area (Å²) in [5.41, 5.74) is 6.51. The van der Waals surface area contributed by atoms with Gasteiger partial charge in [0.05, 0.1) is 4.90 Å². The highest BCUT2D eigenvalue weighted by atomic mass is 35.5. The number of phenols is 1. The molecule has 3 atom stereocenters. The van der Waals surface area contributed by atoms with Crippen molar-refractivity contribution in [2.45, 2.75) is 35.9 Å². The van der Waals surface area contributed by atoms with E-state index in [1.165, 1.54) is 36.4 Å². The molecule has 2 aromatic carbocycles. The van der Waals surface area contributed by atoms with Crippen LogP contribution in [0.1, 0.15) is 12.0 Å². The van der Waals surface area contributed by atoms with Gasteiger partial charge >= 0.3 is 5.97 Å². The van der Waals surface area contributed by atoms with Crippen molar-refractivity contribution in [3.8, 4) is 5.75 Å². The van der Waals surface area contributed by atoms with Crippen LogP contribution >= 0.6 is 11.6 Å². The first-order valence-corrected chi connectivity index (χ1v) is 11.2. The molecule has 9 nitrogen and oxygen atoms in total. The molecule has 1 heterocycles. The van der Waals surface area contributed by atoms with Gasteiger partial charge in [0.15, 0.2) is 0 Å². The number of hydrogen-bond acceptors (Lipinski definition) is 6. The maximum absolute atomic E-state index is 13.1. The van der Waals surface area contributed by atoms with Gasteiger partial charge in [-0.1, -0.05) is 29.8 Å².